The third-order valence-corrected chi connectivity index (χ3v) is 7.25. The number of amides is 1. The van der Waals surface area contributed by atoms with Crippen molar-refractivity contribution in [2.75, 3.05) is 18.4 Å². The van der Waals surface area contributed by atoms with Gasteiger partial charge in [0.1, 0.15) is 11.3 Å². The highest BCUT2D eigenvalue weighted by Gasteiger charge is 2.44. The molecule has 2 aliphatic rings. The quantitative estimate of drug-likeness (QED) is 0.390. The minimum Gasteiger partial charge on any atom is -0.373 e. The monoisotopic (exact) mass is 504 g/mol. The number of likely N-dealkylation sites (tertiary alicyclic amines) is 1. The molecule has 0 unspecified atom stereocenters. The van der Waals surface area contributed by atoms with E-state index in [1.165, 1.54) is 46.1 Å². The van der Waals surface area contributed by atoms with E-state index in [9.17, 15) is 9.59 Å². The van der Waals surface area contributed by atoms with E-state index in [2.05, 4.69) is 16.9 Å². The van der Waals surface area contributed by atoms with Crippen LogP contribution in [0.4, 0.5) is 14.5 Å². The number of carbonyl (C=O) groups excluding carboxylic acids is 1. The van der Waals surface area contributed by atoms with Gasteiger partial charge in [0.15, 0.2) is 5.82 Å². The Labute approximate surface area is 203 Å². The van der Waals surface area contributed by atoms with E-state index in [4.69, 9.17) is 23.2 Å². The lowest BCUT2D eigenvalue weighted by Crippen LogP contribution is -2.41. The molecule has 2 heterocycles. The first kappa shape index (κ1) is 22.8. The van der Waals surface area contributed by atoms with Crippen LogP contribution in [-0.4, -0.2) is 33.4 Å². The van der Waals surface area contributed by atoms with Gasteiger partial charge in [-0.15, -0.1) is 0 Å². The molecule has 176 valence electrons. The van der Waals surface area contributed by atoms with E-state index in [1.54, 1.807) is 0 Å². The number of nitrogens with one attached hydrogen (secondary N) is 1. The van der Waals surface area contributed by atoms with E-state index >= 15 is 8.78 Å². The number of benzene rings is 2. The molecule has 1 saturated heterocycles. The molecule has 3 aromatic rings. The lowest BCUT2D eigenvalue weighted by molar-refractivity contribution is -0.125. The fourth-order valence-corrected chi connectivity index (χ4v) is 5.12. The SMILES string of the molecule is C=CC(=O)N1CC[C@@](Nc2cc(F)c3ncn(C4CC4)c(=O)c3c2)(c2c(F)ccc(Cl)c2Cl)C1. The largest absolute Gasteiger partial charge is 0.373 e. The van der Waals surface area contributed by atoms with Gasteiger partial charge in [0.2, 0.25) is 5.91 Å². The van der Waals surface area contributed by atoms with Gasteiger partial charge in [-0.1, -0.05) is 29.8 Å². The topological polar surface area (TPSA) is 67.2 Å². The number of rotatable bonds is 5. The number of anilines is 1. The fourth-order valence-electron chi connectivity index (χ4n) is 4.63. The molecule has 1 aliphatic heterocycles. The normalized spacial score (nSPS) is 20.1. The molecule has 6 nitrogen and oxygen atoms in total. The smallest absolute Gasteiger partial charge is 0.261 e. The molecule has 5 rings (SSSR count). The van der Waals surface area contributed by atoms with Gasteiger partial charge >= 0.3 is 0 Å². The van der Waals surface area contributed by atoms with Gasteiger partial charge in [0, 0.05) is 30.4 Å². The summed E-state index contributed by atoms with van der Waals surface area (Å²) < 4.78 is 31.7. The van der Waals surface area contributed by atoms with Crippen molar-refractivity contribution in [3.8, 4) is 0 Å². The zero-order chi connectivity index (χ0) is 24.2. The van der Waals surface area contributed by atoms with Gasteiger partial charge in [-0.25, -0.2) is 13.8 Å². The molecule has 34 heavy (non-hydrogen) atoms. The van der Waals surface area contributed by atoms with Crippen LogP contribution in [0.25, 0.3) is 10.9 Å². The zero-order valence-electron chi connectivity index (χ0n) is 18.0. The molecule has 2 fully saturated rings. The summed E-state index contributed by atoms with van der Waals surface area (Å²) in [5.74, 6) is -1.64. The summed E-state index contributed by atoms with van der Waals surface area (Å²) in [6, 6.07) is 5.32. The van der Waals surface area contributed by atoms with Crippen LogP contribution in [-0.2, 0) is 10.3 Å². The Hall–Kier alpha value is -2.97. The minimum absolute atomic E-state index is 0.00101. The van der Waals surface area contributed by atoms with Crippen LogP contribution in [0.5, 0.6) is 0 Å². The Bertz CT molecular complexity index is 1410. The van der Waals surface area contributed by atoms with Crippen LogP contribution in [0.2, 0.25) is 10.0 Å². The highest BCUT2D eigenvalue weighted by molar-refractivity contribution is 6.42. The van der Waals surface area contributed by atoms with Gasteiger partial charge in [0.05, 0.1) is 27.3 Å². The Morgan fingerprint density at radius 1 is 1.24 bits per heavy atom. The van der Waals surface area contributed by atoms with Gasteiger partial charge < -0.3 is 10.2 Å². The van der Waals surface area contributed by atoms with Crippen molar-refractivity contribution in [1.29, 1.82) is 0 Å². The minimum atomic E-state index is -1.22. The molecular weight excluding hydrogens is 485 g/mol. The van der Waals surface area contributed by atoms with Crippen molar-refractivity contribution in [3.05, 3.63) is 80.8 Å². The molecule has 0 bridgehead atoms. The second-order valence-corrected chi connectivity index (χ2v) is 9.47. The number of nitrogens with zero attached hydrogens (tertiary/aromatic N) is 3. The number of aromatic nitrogens is 2. The van der Waals surface area contributed by atoms with Gasteiger partial charge in [-0.2, -0.15) is 0 Å². The van der Waals surface area contributed by atoms with Crippen molar-refractivity contribution in [3.63, 3.8) is 0 Å². The molecule has 10 heteroatoms. The van der Waals surface area contributed by atoms with Crippen LogP contribution < -0.4 is 10.9 Å². The van der Waals surface area contributed by atoms with E-state index in [-0.39, 0.29) is 69.2 Å². The van der Waals surface area contributed by atoms with E-state index in [0.717, 1.165) is 12.8 Å². The maximum absolute atomic E-state index is 15.1. The second kappa shape index (κ2) is 8.36. The fraction of sp³-hybridized carbons (Fsp3) is 0.292. The number of carbonyl (C=O) groups is 1. The molecule has 1 amide bonds. The maximum Gasteiger partial charge on any atom is 0.261 e. The predicted octanol–water partition coefficient (Wildman–Crippen LogP) is 5.04. The lowest BCUT2D eigenvalue weighted by Gasteiger charge is -2.33. The summed E-state index contributed by atoms with van der Waals surface area (Å²) in [7, 11) is 0. The lowest BCUT2D eigenvalue weighted by atomic mass is 9.87. The third kappa shape index (κ3) is 3.75. The second-order valence-electron chi connectivity index (χ2n) is 8.68. The summed E-state index contributed by atoms with van der Waals surface area (Å²) in [6.07, 6.45) is 4.56. The summed E-state index contributed by atoms with van der Waals surface area (Å²) in [6.45, 7) is 3.83. The van der Waals surface area contributed by atoms with Crippen molar-refractivity contribution < 1.29 is 13.6 Å². The molecule has 1 atom stereocenters. The Balaban J connectivity index is 1.65. The van der Waals surface area contributed by atoms with Gasteiger partial charge in [0.25, 0.3) is 5.56 Å². The van der Waals surface area contributed by atoms with Crippen molar-refractivity contribution >= 4 is 45.7 Å². The Morgan fingerprint density at radius 2 is 2.00 bits per heavy atom. The molecule has 1 saturated carbocycles. The predicted molar refractivity (Wildman–Crippen MR) is 127 cm³/mol. The molecule has 2 aromatic carbocycles. The van der Waals surface area contributed by atoms with Crippen LogP contribution in [0, 0.1) is 11.6 Å². The first-order chi connectivity index (χ1) is 16.2. The summed E-state index contributed by atoms with van der Waals surface area (Å²) in [4.78, 5) is 30.9. The number of halogens is 4. The molecule has 1 aromatic heterocycles. The standard InChI is InChI=1S/C24H20Cl2F2N4O2/c1-2-19(33)31-8-7-24(11-31,20-17(27)6-5-16(25)21(20)26)30-13-9-15-22(18(28)10-13)29-12-32(23(15)34)14-3-4-14/h2,5-6,9-10,12,14,30H,1,3-4,7-8,11H2/t24-/m0/s1. The van der Waals surface area contributed by atoms with Gasteiger partial charge in [-0.3, -0.25) is 14.2 Å². The zero-order valence-corrected chi connectivity index (χ0v) is 19.5. The first-order valence-corrected chi connectivity index (χ1v) is 11.5. The van der Waals surface area contributed by atoms with E-state index < -0.39 is 17.2 Å². The Morgan fingerprint density at radius 3 is 2.71 bits per heavy atom. The number of fused-ring (bicyclic) bond motifs is 1. The van der Waals surface area contributed by atoms with Crippen LogP contribution in [0.1, 0.15) is 30.9 Å². The average Bonchev–Trinajstić information content (AvgIpc) is 3.57. The highest BCUT2D eigenvalue weighted by Crippen LogP contribution is 2.43. The highest BCUT2D eigenvalue weighted by atomic mass is 35.5. The average molecular weight is 505 g/mol. The van der Waals surface area contributed by atoms with E-state index in [1.807, 2.05) is 0 Å². The van der Waals surface area contributed by atoms with Crippen LogP contribution in [0.3, 0.4) is 0 Å². The first-order valence-electron chi connectivity index (χ1n) is 10.8. The maximum atomic E-state index is 15.1. The molecule has 0 spiro atoms. The molecule has 1 N–H and O–H groups in total. The molecular formula is C24H20Cl2F2N4O2. The van der Waals surface area contributed by atoms with Crippen molar-refractivity contribution in [1.82, 2.24) is 14.5 Å². The summed E-state index contributed by atoms with van der Waals surface area (Å²) in [5, 5.41) is 3.45. The van der Waals surface area contributed by atoms with Crippen LogP contribution in [0.15, 0.2) is 48.0 Å². The molecule has 1 aliphatic carbocycles. The van der Waals surface area contributed by atoms with E-state index in [0.29, 0.717) is 0 Å². The third-order valence-electron chi connectivity index (χ3n) is 6.44. The van der Waals surface area contributed by atoms with Crippen molar-refractivity contribution in [2.24, 2.45) is 0 Å². The number of hydrogen-bond acceptors (Lipinski definition) is 4. The van der Waals surface area contributed by atoms with Crippen molar-refractivity contribution in [2.45, 2.75) is 30.8 Å². The Kier molecular flexibility index (Phi) is 5.61. The summed E-state index contributed by atoms with van der Waals surface area (Å²) >= 11 is 12.6. The number of hydrogen-bond donors (Lipinski definition) is 1. The summed E-state index contributed by atoms with van der Waals surface area (Å²) in [5.41, 5.74) is -1.29. The van der Waals surface area contributed by atoms with Crippen LogP contribution >= 0.6 is 23.2 Å². The van der Waals surface area contributed by atoms with Gasteiger partial charge in [-0.05, 0) is 49.6 Å². The molecule has 0 radical (unpaired) electrons.